The molecule has 3 aromatic heterocycles. The van der Waals surface area contributed by atoms with Crippen LogP contribution < -0.4 is 10.6 Å². The van der Waals surface area contributed by atoms with E-state index in [2.05, 4.69) is 36.1 Å². The van der Waals surface area contributed by atoms with E-state index in [0.29, 0.717) is 5.69 Å². The number of pyridine rings is 2. The lowest BCUT2D eigenvalue weighted by Gasteiger charge is -2.28. The molecule has 7 nitrogen and oxygen atoms in total. The van der Waals surface area contributed by atoms with Gasteiger partial charge in [-0.05, 0) is 55.2 Å². The summed E-state index contributed by atoms with van der Waals surface area (Å²) in [7, 11) is 0. The van der Waals surface area contributed by atoms with Gasteiger partial charge in [-0.25, -0.2) is 9.98 Å². The molecule has 0 saturated carbocycles. The molecule has 0 amide bonds. The predicted molar refractivity (Wildman–Crippen MR) is 125 cm³/mol. The molecule has 34 heavy (non-hydrogen) atoms. The third-order valence-corrected chi connectivity index (χ3v) is 5.87. The molecule has 0 bridgehead atoms. The molecule has 3 N–H and O–H groups in total. The molecule has 174 valence electrons. The van der Waals surface area contributed by atoms with Gasteiger partial charge in [-0.15, -0.1) is 0 Å². The highest BCUT2D eigenvalue weighted by molar-refractivity contribution is 6.08. The SMILES string of the molecule is NC(=Nc1ccc(C(F)(F)F)nc1)c1n[nH]c2ccc(-c3cncc(N4CCCCC4)c3)cc12. The minimum atomic E-state index is -4.51. The first kappa shape index (κ1) is 21.9. The maximum Gasteiger partial charge on any atom is 0.433 e. The van der Waals surface area contributed by atoms with Crippen molar-refractivity contribution in [2.24, 2.45) is 10.7 Å². The highest BCUT2D eigenvalue weighted by Crippen LogP contribution is 2.30. The molecule has 0 radical (unpaired) electrons. The lowest BCUT2D eigenvalue weighted by Crippen LogP contribution is -2.29. The van der Waals surface area contributed by atoms with Crippen molar-refractivity contribution in [3.8, 4) is 11.1 Å². The van der Waals surface area contributed by atoms with Crippen LogP contribution in [0.25, 0.3) is 22.0 Å². The smallest absolute Gasteiger partial charge is 0.382 e. The Labute approximate surface area is 193 Å². The number of fused-ring (bicyclic) bond motifs is 1. The molecule has 4 heterocycles. The number of hydrogen-bond acceptors (Lipinski definition) is 5. The van der Waals surface area contributed by atoms with Crippen LogP contribution >= 0.6 is 0 Å². The first-order valence-corrected chi connectivity index (χ1v) is 10.9. The summed E-state index contributed by atoms with van der Waals surface area (Å²) in [6, 6.07) is 10.1. The van der Waals surface area contributed by atoms with Gasteiger partial charge in [0.05, 0.1) is 29.3 Å². The zero-order valence-corrected chi connectivity index (χ0v) is 18.2. The van der Waals surface area contributed by atoms with E-state index in [4.69, 9.17) is 5.73 Å². The number of rotatable bonds is 4. The number of alkyl halides is 3. The number of hydrogen-bond donors (Lipinski definition) is 2. The molecular weight excluding hydrogens is 443 g/mol. The van der Waals surface area contributed by atoms with Gasteiger partial charge < -0.3 is 10.6 Å². The fraction of sp³-hybridized carbons (Fsp3) is 0.250. The van der Waals surface area contributed by atoms with Crippen molar-refractivity contribution in [1.82, 2.24) is 20.2 Å². The lowest BCUT2D eigenvalue weighted by atomic mass is 10.0. The molecule has 5 rings (SSSR count). The van der Waals surface area contributed by atoms with Crippen LogP contribution in [-0.2, 0) is 6.18 Å². The summed E-state index contributed by atoms with van der Waals surface area (Å²) in [5, 5.41) is 7.95. The summed E-state index contributed by atoms with van der Waals surface area (Å²) in [5.74, 6) is 0.0742. The van der Waals surface area contributed by atoms with Crippen molar-refractivity contribution in [2.75, 3.05) is 18.0 Å². The number of H-pyrrole nitrogens is 1. The lowest BCUT2D eigenvalue weighted by molar-refractivity contribution is -0.141. The first-order chi connectivity index (χ1) is 16.4. The third kappa shape index (κ3) is 4.43. The van der Waals surface area contributed by atoms with Gasteiger partial charge in [0.1, 0.15) is 11.4 Å². The zero-order chi connectivity index (χ0) is 23.7. The highest BCUT2D eigenvalue weighted by Gasteiger charge is 2.32. The normalized spacial score (nSPS) is 15.1. The van der Waals surface area contributed by atoms with Crippen molar-refractivity contribution in [3.63, 3.8) is 0 Å². The van der Waals surface area contributed by atoms with E-state index in [1.807, 2.05) is 30.6 Å². The Morgan fingerprint density at radius 1 is 0.971 bits per heavy atom. The molecular formula is C24H22F3N7. The zero-order valence-electron chi connectivity index (χ0n) is 18.2. The Hall–Kier alpha value is -3.95. The Kier molecular flexibility index (Phi) is 5.64. The number of benzene rings is 1. The minimum absolute atomic E-state index is 0.0742. The number of aromatic nitrogens is 4. The quantitative estimate of drug-likeness (QED) is 0.324. The molecule has 1 fully saturated rings. The molecule has 1 aliphatic rings. The second-order valence-corrected chi connectivity index (χ2v) is 8.21. The van der Waals surface area contributed by atoms with E-state index < -0.39 is 11.9 Å². The molecule has 10 heteroatoms. The van der Waals surface area contributed by atoms with Crippen LogP contribution in [0.3, 0.4) is 0 Å². The summed E-state index contributed by atoms with van der Waals surface area (Å²) in [6.07, 6.45) is 3.86. The highest BCUT2D eigenvalue weighted by atomic mass is 19.4. The molecule has 1 aliphatic heterocycles. The van der Waals surface area contributed by atoms with Gasteiger partial charge in [0.15, 0.2) is 5.84 Å². The standard InChI is InChI=1S/C24H22F3N7/c25-24(26,27)21-7-5-17(13-30-21)31-23(28)22-19-11-15(4-6-20(19)32-33-22)16-10-18(14-29-12-16)34-8-2-1-3-9-34/h4-7,10-14H,1-3,8-9H2,(H2,28,31)(H,32,33). The Bertz CT molecular complexity index is 1340. The van der Waals surface area contributed by atoms with E-state index in [9.17, 15) is 13.2 Å². The summed E-state index contributed by atoms with van der Waals surface area (Å²) in [5.41, 5.74) is 9.59. The third-order valence-electron chi connectivity index (χ3n) is 5.87. The van der Waals surface area contributed by atoms with Crippen molar-refractivity contribution < 1.29 is 13.2 Å². The molecule has 0 atom stereocenters. The van der Waals surface area contributed by atoms with E-state index in [0.717, 1.165) is 53.1 Å². The van der Waals surface area contributed by atoms with Gasteiger partial charge >= 0.3 is 6.18 Å². The molecule has 1 aromatic carbocycles. The van der Waals surface area contributed by atoms with Crippen LogP contribution in [0.15, 0.2) is 60.0 Å². The van der Waals surface area contributed by atoms with Gasteiger partial charge in [0.2, 0.25) is 0 Å². The molecule has 0 aliphatic carbocycles. The largest absolute Gasteiger partial charge is 0.433 e. The average Bonchev–Trinajstić information content (AvgIpc) is 3.28. The maximum atomic E-state index is 12.7. The number of nitrogens with zero attached hydrogens (tertiary/aromatic N) is 5. The van der Waals surface area contributed by atoms with Crippen LogP contribution in [0.4, 0.5) is 24.5 Å². The van der Waals surface area contributed by atoms with Crippen molar-refractivity contribution in [1.29, 1.82) is 0 Å². The van der Waals surface area contributed by atoms with E-state index >= 15 is 0 Å². The fourth-order valence-electron chi connectivity index (χ4n) is 4.11. The van der Waals surface area contributed by atoms with Crippen molar-refractivity contribution in [2.45, 2.75) is 25.4 Å². The maximum absolute atomic E-state index is 12.7. The number of aromatic amines is 1. The van der Waals surface area contributed by atoms with E-state index in [1.54, 1.807) is 0 Å². The second-order valence-electron chi connectivity index (χ2n) is 8.21. The van der Waals surface area contributed by atoms with Gasteiger partial charge in [-0.1, -0.05) is 6.07 Å². The number of anilines is 1. The molecule has 0 spiro atoms. The van der Waals surface area contributed by atoms with Gasteiger partial charge in [0, 0.05) is 30.2 Å². The van der Waals surface area contributed by atoms with Crippen molar-refractivity contribution >= 4 is 28.1 Å². The Morgan fingerprint density at radius 3 is 2.53 bits per heavy atom. The predicted octanol–water partition coefficient (Wildman–Crippen LogP) is 5.07. The average molecular weight is 465 g/mol. The summed E-state index contributed by atoms with van der Waals surface area (Å²) >= 11 is 0. The number of aliphatic imine (C=N–C) groups is 1. The number of nitrogens with one attached hydrogen (secondary N) is 1. The number of piperidine rings is 1. The van der Waals surface area contributed by atoms with Gasteiger partial charge in [-0.3, -0.25) is 10.1 Å². The molecule has 0 unspecified atom stereocenters. The molecule has 1 saturated heterocycles. The van der Waals surface area contributed by atoms with Crippen molar-refractivity contribution in [3.05, 3.63) is 66.4 Å². The van der Waals surface area contributed by atoms with Crippen LogP contribution in [0.1, 0.15) is 30.7 Å². The summed E-state index contributed by atoms with van der Waals surface area (Å²) in [4.78, 5) is 14.4. The number of amidine groups is 1. The first-order valence-electron chi connectivity index (χ1n) is 10.9. The Morgan fingerprint density at radius 2 is 1.79 bits per heavy atom. The van der Waals surface area contributed by atoms with E-state index in [1.165, 1.54) is 25.3 Å². The minimum Gasteiger partial charge on any atom is -0.382 e. The Balaban J connectivity index is 1.46. The monoisotopic (exact) mass is 465 g/mol. The van der Waals surface area contributed by atoms with Gasteiger partial charge in [0.25, 0.3) is 0 Å². The number of halogens is 3. The fourth-order valence-corrected chi connectivity index (χ4v) is 4.11. The van der Waals surface area contributed by atoms with Crippen LogP contribution in [0.5, 0.6) is 0 Å². The number of nitrogens with two attached hydrogens (primary N) is 1. The second kappa shape index (κ2) is 8.77. The molecule has 4 aromatic rings. The summed E-state index contributed by atoms with van der Waals surface area (Å²) < 4.78 is 38.2. The van der Waals surface area contributed by atoms with Crippen LogP contribution in [0, 0.1) is 0 Å². The summed E-state index contributed by atoms with van der Waals surface area (Å²) in [6.45, 7) is 2.06. The van der Waals surface area contributed by atoms with Gasteiger partial charge in [-0.2, -0.15) is 18.3 Å². The van der Waals surface area contributed by atoms with E-state index in [-0.39, 0.29) is 11.5 Å². The van der Waals surface area contributed by atoms with Crippen LogP contribution in [0.2, 0.25) is 0 Å². The topological polar surface area (TPSA) is 96.1 Å². The van der Waals surface area contributed by atoms with Crippen LogP contribution in [-0.4, -0.2) is 39.1 Å².